The zero-order chi connectivity index (χ0) is 21.8. The first-order chi connectivity index (χ1) is 14.9. The van der Waals surface area contributed by atoms with Gasteiger partial charge < -0.3 is 0 Å². The summed E-state index contributed by atoms with van der Waals surface area (Å²) in [5.41, 5.74) is 6.11. The molecule has 0 radical (unpaired) electrons. The average Bonchev–Trinajstić information content (AvgIpc) is 3.31. The maximum absolute atomic E-state index is 14.1. The van der Waals surface area contributed by atoms with Crippen LogP contribution in [0.1, 0.15) is 50.7 Å². The molecule has 0 aliphatic heterocycles. The van der Waals surface area contributed by atoms with Gasteiger partial charge in [-0.3, -0.25) is 4.79 Å². The summed E-state index contributed by atoms with van der Waals surface area (Å²) in [5.74, 6) is 1.32. The molecule has 2 heterocycles. The third kappa shape index (κ3) is 3.28. The normalized spacial score (nSPS) is 16.5. The van der Waals surface area contributed by atoms with E-state index in [9.17, 15) is 4.79 Å². The molecule has 6 heteroatoms. The summed E-state index contributed by atoms with van der Waals surface area (Å²) in [5, 5.41) is 5.47. The highest BCUT2D eigenvalue weighted by molar-refractivity contribution is 7.99. The predicted octanol–water partition coefficient (Wildman–Crippen LogP) is 5.17. The molecule has 5 rings (SSSR count). The second-order valence-corrected chi connectivity index (χ2v) is 10.2. The van der Waals surface area contributed by atoms with Gasteiger partial charge in [0.15, 0.2) is 5.16 Å². The van der Waals surface area contributed by atoms with E-state index < -0.39 is 0 Å². The van der Waals surface area contributed by atoms with Gasteiger partial charge in [-0.2, -0.15) is 0 Å². The zero-order valence-electron chi connectivity index (χ0n) is 18.3. The summed E-state index contributed by atoms with van der Waals surface area (Å²) >= 11 is 1.55. The topological polar surface area (TPSA) is 52.2 Å². The molecule has 5 nitrogen and oxygen atoms in total. The summed E-state index contributed by atoms with van der Waals surface area (Å²) in [6.07, 6.45) is 5.34. The molecule has 2 aromatic heterocycles. The number of aromatic nitrogens is 4. The molecule has 0 unspecified atom stereocenters. The minimum absolute atomic E-state index is 0.0496. The van der Waals surface area contributed by atoms with Gasteiger partial charge in [-0.05, 0) is 38.7 Å². The number of rotatable bonds is 5. The van der Waals surface area contributed by atoms with Crippen LogP contribution in [0.2, 0.25) is 0 Å². The summed E-state index contributed by atoms with van der Waals surface area (Å²) in [7, 11) is 0. The Hall–Kier alpha value is -2.60. The zero-order valence-corrected chi connectivity index (χ0v) is 19.1. The molecule has 0 saturated heterocycles. The van der Waals surface area contributed by atoms with Crippen LogP contribution in [-0.2, 0) is 18.4 Å². The van der Waals surface area contributed by atoms with Crippen molar-refractivity contribution in [2.45, 2.75) is 63.1 Å². The van der Waals surface area contributed by atoms with Gasteiger partial charge in [-0.25, -0.2) is 14.1 Å². The van der Waals surface area contributed by atoms with Gasteiger partial charge in [0.2, 0.25) is 5.78 Å². The summed E-state index contributed by atoms with van der Waals surface area (Å²) in [4.78, 5) is 19.2. The molecular formula is C25H28N4OS. The Bertz CT molecular complexity index is 1280. The third-order valence-electron chi connectivity index (χ3n) is 6.45. The molecule has 0 atom stereocenters. The van der Waals surface area contributed by atoms with Gasteiger partial charge in [0.1, 0.15) is 0 Å². The summed E-state index contributed by atoms with van der Waals surface area (Å²) < 4.78 is 3.56. The lowest BCUT2D eigenvalue weighted by Gasteiger charge is -2.35. The van der Waals surface area contributed by atoms with E-state index >= 15 is 0 Å². The largest absolute Gasteiger partial charge is 0.268 e. The van der Waals surface area contributed by atoms with Gasteiger partial charge in [0, 0.05) is 16.7 Å². The van der Waals surface area contributed by atoms with Crippen molar-refractivity contribution >= 4 is 17.5 Å². The van der Waals surface area contributed by atoms with E-state index in [2.05, 4.69) is 31.4 Å². The fourth-order valence-electron chi connectivity index (χ4n) is 5.20. The van der Waals surface area contributed by atoms with Crippen molar-refractivity contribution < 1.29 is 0 Å². The number of allylic oxidation sites excluding steroid dienone is 1. The Balaban J connectivity index is 1.83. The lowest BCUT2D eigenvalue weighted by atomic mass is 9.68. The van der Waals surface area contributed by atoms with E-state index in [4.69, 9.17) is 10.1 Å². The van der Waals surface area contributed by atoms with Crippen LogP contribution in [0.3, 0.4) is 0 Å². The molecule has 3 aromatic rings. The lowest BCUT2D eigenvalue weighted by Crippen LogP contribution is -2.38. The minimum Gasteiger partial charge on any atom is -0.268 e. The van der Waals surface area contributed by atoms with Gasteiger partial charge in [-0.1, -0.05) is 73.2 Å². The molecule has 0 amide bonds. The highest BCUT2D eigenvalue weighted by Crippen LogP contribution is 2.49. The van der Waals surface area contributed by atoms with Gasteiger partial charge in [-0.15, -0.1) is 5.10 Å². The van der Waals surface area contributed by atoms with Crippen LogP contribution in [-0.4, -0.2) is 24.9 Å². The molecule has 0 N–H and O–H groups in total. The average molecular weight is 433 g/mol. The smallest absolute Gasteiger partial charge is 0.265 e. The van der Waals surface area contributed by atoms with E-state index in [1.54, 1.807) is 16.2 Å². The van der Waals surface area contributed by atoms with E-state index in [0.29, 0.717) is 17.5 Å². The van der Waals surface area contributed by atoms with E-state index in [0.717, 1.165) is 65.8 Å². The summed E-state index contributed by atoms with van der Waals surface area (Å²) in [6.45, 7) is 12.6. The second-order valence-electron chi connectivity index (χ2n) is 9.24. The first kappa shape index (κ1) is 20.3. The van der Waals surface area contributed by atoms with Crippen LogP contribution in [0.5, 0.6) is 0 Å². The van der Waals surface area contributed by atoms with Crippen LogP contribution >= 0.6 is 11.8 Å². The summed E-state index contributed by atoms with van der Waals surface area (Å²) in [6, 6.07) is 8.43. The first-order valence-electron chi connectivity index (χ1n) is 10.9. The molecule has 1 saturated carbocycles. The van der Waals surface area contributed by atoms with Crippen molar-refractivity contribution in [2.75, 3.05) is 5.75 Å². The second kappa shape index (κ2) is 7.52. The Morgan fingerprint density at radius 3 is 2.61 bits per heavy atom. The highest BCUT2D eigenvalue weighted by atomic mass is 32.2. The number of fused-ring (bicyclic) bond motifs is 5. The monoisotopic (exact) mass is 432 g/mol. The maximum Gasteiger partial charge on any atom is 0.265 e. The Morgan fingerprint density at radius 1 is 1.16 bits per heavy atom. The lowest BCUT2D eigenvalue weighted by molar-refractivity contribution is 0.425. The first-order valence-corrected chi connectivity index (χ1v) is 11.9. The van der Waals surface area contributed by atoms with Crippen LogP contribution in [0.4, 0.5) is 0 Å². The number of hydrogen-bond donors (Lipinski definition) is 0. The fraction of sp³-hybridized carbons (Fsp3) is 0.400. The maximum atomic E-state index is 14.1. The molecule has 2 aliphatic carbocycles. The molecule has 160 valence electrons. The Morgan fingerprint density at radius 2 is 1.90 bits per heavy atom. The molecule has 2 aliphatic rings. The van der Waals surface area contributed by atoms with Crippen molar-refractivity contribution in [1.29, 1.82) is 0 Å². The third-order valence-corrected chi connectivity index (χ3v) is 7.61. The fourth-order valence-corrected chi connectivity index (χ4v) is 6.03. The van der Waals surface area contributed by atoms with E-state index in [1.165, 1.54) is 5.56 Å². The quantitative estimate of drug-likeness (QED) is 0.412. The molecular weight excluding hydrogens is 404 g/mol. The van der Waals surface area contributed by atoms with Crippen LogP contribution in [0, 0.1) is 0 Å². The number of thioether (sulfide) groups is 1. The van der Waals surface area contributed by atoms with Crippen molar-refractivity contribution in [3.05, 3.63) is 70.1 Å². The highest BCUT2D eigenvalue weighted by Gasteiger charge is 2.44. The van der Waals surface area contributed by atoms with Crippen LogP contribution in [0.15, 0.2) is 58.5 Å². The predicted molar refractivity (Wildman–Crippen MR) is 127 cm³/mol. The molecule has 1 spiro atoms. The van der Waals surface area contributed by atoms with Gasteiger partial charge in [0.25, 0.3) is 5.56 Å². The minimum atomic E-state index is -0.109. The Kier molecular flexibility index (Phi) is 4.93. The standard InChI is InChI=1S/C25H28N4OS/c1-16(2)14-28-23-26-21-19-10-6-5-9-18(19)13-25(11-7-8-12-25)20(21)22(30)29(23)24(27-28)31-15-17(3)4/h5-6,9-10H,1,3,7-8,11-15H2,2,4H3. The van der Waals surface area contributed by atoms with Crippen molar-refractivity contribution in [2.24, 2.45) is 0 Å². The SMILES string of the molecule is C=C(C)CSc1nn(CC(=C)C)c2nc3c(c(=O)n12)C1(CCCC1)Cc1ccccc1-3. The number of nitrogens with zero attached hydrogens (tertiary/aromatic N) is 4. The van der Waals surface area contributed by atoms with Crippen molar-refractivity contribution in [3.8, 4) is 11.3 Å². The molecule has 1 aromatic carbocycles. The van der Waals surface area contributed by atoms with Crippen molar-refractivity contribution in [3.63, 3.8) is 0 Å². The molecule has 1 fully saturated rings. The van der Waals surface area contributed by atoms with Crippen molar-refractivity contribution in [1.82, 2.24) is 19.2 Å². The molecule has 31 heavy (non-hydrogen) atoms. The number of benzene rings is 1. The van der Waals surface area contributed by atoms with Crippen LogP contribution < -0.4 is 5.56 Å². The van der Waals surface area contributed by atoms with Gasteiger partial charge in [0.05, 0.1) is 17.8 Å². The van der Waals surface area contributed by atoms with Gasteiger partial charge >= 0.3 is 0 Å². The van der Waals surface area contributed by atoms with E-state index in [1.807, 2.05) is 24.6 Å². The Labute approximate surface area is 186 Å². The van der Waals surface area contributed by atoms with E-state index in [-0.39, 0.29) is 11.0 Å². The van der Waals surface area contributed by atoms with Crippen LogP contribution in [0.25, 0.3) is 17.0 Å². The number of hydrogen-bond acceptors (Lipinski definition) is 4. The molecule has 0 bridgehead atoms.